The van der Waals surface area contributed by atoms with Crippen molar-refractivity contribution < 1.29 is 14.1 Å². The highest BCUT2D eigenvalue weighted by Gasteiger charge is 2.10. The Kier molecular flexibility index (Phi) is 5.59. The maximum Gasteiger partial charge on any atom is 0.322 e. The third-order valence-corrected chi connectivity index (χ3v) is 4.07. The summed E-state index contributed by atoms with van der Waals surface area (Å²) in [4.78, 5) is 22.1. The second kappa shape index (κ2) is 8.26. The molecular formula is C20H18N4O4. The summed E-state index contributed by atoms with van der Waals surface area (Å²) in [7, 11) is 0. The largest absolute Gasteiger partial charge is 0.407 e. The van der Waals surface area contributed by atoms with Gasteiger partial charge in [0, 0.05) is 18.2 Å². The molecule has 2 aromatic carbocycles. The first-order valence-corrected chi connectivity index (χ1v) is 8.53. The van der Waals surface area contributed by atoms with Crippen molar-refractivity contribution in [1.29, 1.82) is 0 Å². The Bertz CT molecular complexity index is 1040. The van der Waals surface area contributed by atoms with Crippen molar-refractivity contribution in [1.82, 2.24) is 10.2 Å². The van der Waals surface area contributed by atoms with Crippen molar-refractivity contribution >= 4 is 23.7 Å². The Morgan fingerprint density at radius 1 is 1.18 bits per heavy atom. The summed E-state index contributed by atoms with van der Waals surface area (Å²) in [5.41, 5.74) is 4.03. The molecular weight excluding hydrogens is 360 g/mol. The van der Waals surface area contributed by atoms with Crippen LogP contribution < -0.4 is 5.32 Å². The zero-order valence-corrected chi connectivity index (χ0v) is 15.4. The number of nitrogens with zero attached hydrogens (tertiary/aromatic N) is 3. The van der Waals surface area contributed by atoms with Crippen LogP contribution in [-0.4, -0.2) is 21.0 Å². The summed E-state index contributed by atoms with van der Waals surface area (Å²) in [5, 5.41) is 20.9. The lowest BCUT2D eigenvalue weighted by Gasteiger charge is -2.03. The van der Waals surface area contributed by atoms with Gasteiger partial charge in [0.1, 0.15) is 0 Å². The number of carbonyl (C=O) groups excluding carboxylic acids is 1. The van der Waals surface area contributed by atoms with Crippen LogP contribution in [0.25, 0.3) is 6.08 Å². The molecule has 8 heteroatoms. The van der Waals surface area contributed by atoms with Crippen LogP contribution in [0.3, 0.4) is 0 Å². The lowest BCUT2D eigenvalue weighted by Crippen LogP contribution is -2.07. The van der Waals surface area contributed by atoms with Gasteiger partial charge in [0.25, 0.3) is 11.6 Å². The number of aromatic nitrogens is 2. The van der Waals surface area contributed by atoms with E-state index >= 15 is 0 Å². The second-order valence-electron chi connectivity index (χ2n) is 6.28. The fourth-order valence-corrected chi connectivity index (χ4v) is 2.61. The summed E-state index contributed by atoms with van der Waals surface area (Å²) in [6.07, 6.45) is 3.30. The Labute approximate surface area is 161 Å². The van der Waals surface area contributed by atoms with E-state index in [0.717, 1.165) is 11.1 Å². The standard InChI is InChI=1S/C20H18N4O4/c1-13-3-7-16(14(2)11-13)12-19-22-23-20(28-19)21-18(25)10-6-15-4-8-17(9-5-15)24(26)27/h3-11H,12H2,1-2H3,(H,21,23,25)/b10-6-. The molecule has 0 saturated heterocycles. The van der Waals surface area contributed by atoms with E-state index < -0.39 is 10.8 Å². The molecule has 1 amide bonds. The summed E-state index contributed by atoms with van der Waals surface area (Å²) in [6.45, 7) is 4.05. The first-order chi connectivity index (χ1) is 13.4. The SMILES string of the molecule is Cc1ccc(Cc2nnc(NC(=O)/C=C\c3ccc([N+](=O)[O-])cc3)o2)c(C)c1. The molecule has 0 aliphatic rings. The zero-order valence-electron chi connectivity index (χ0n) is 15.4. The van der Waals surface area contributed by atoms with Crippen LogP contribution in [0.4, 0.5) is 11.7 Å². The number of aryl methyl sites for hydroxylation is 2. The predicted molar refractivity (Wildman–Crippen MR) is 104 cm³/mol. The molecule has 0 bridgehead atoms. The van der Waals surface area contributed by atoms with Crippen molar-refractivity contribution in [2.45, 2.75) is 20.3 Å². The maximum atomic E-state index is 12.0. The van der Waals surface area contributed by atoms with Gasteiger partial charge in [-0.3, -0.25) is 20.2 Å². The smallest absolute Gasteiger partial charge is 0.322 e. The normalized spacial score (nSPS) is 10.9. The molecule has 1 heterocycles. The third-order valence-electron chi connectivity index (χ3n) is 4.07. The lowest BCUT2D eigenvalue weighted by atomic mass is 10.0. The number of amides is 1. The fourth-order valence-electron chi connectivity index (χ4n) is 2.61. The lowest BCUT2D eigenvalue weighted by molar-refractivity contribution is -0.384. The molecule has 0 saturated carbocycles. The summed E-state index contributed by atoms with van der Waals surface area (Å²) in [6, 6.07) is 12.0. The van der Waals surface area contributed by atoms with E-state index in [1.807, 2.05) is 26.0 Å². The number of carbonyl (C=O) groups is 1. The number of nitro groups is 1. The van der Waals surface area contributed by atoms with Crippen LogP contribution in [0.2, 0.25) is 0 Å². The molecule has 0 aliphatic carbocycles. The molecule has 0 aliphatic heterocycles. The van der Waals surface area contributed by atoms with E-state index in [-0.39, 0.29) is 11.7 Å². The molecule has 3 rings (SSSR count). The maximum absolute atomic E-state index is 12.0. The number of non-ortho nitro benzene ring substituents is 1. The Morgan fingerprint density at radius 3 is 2.61 bits per heavy atom. The van der Waals surface area contributed by atoms with Crippen molar-refractivity contribution in [3.05, 3.63) is 86.8 Å². The molecule has 0 spiro atoms. The van der Waals surface area contributed by atoms with Crippen LogP contribution in [0.1, 0.15) is 28.1 Å². The van der Waals surface area contributed by atoms with Crippen molar-refractivity contribution in [2.24, 2.45) is 0 Å². The van der Waals surface area contributed by atoms with Gasteiger partial charge in [0.05, 0.1) is 11.3 Å². The van der Waals surface area contributed by atoms with Crippen molar-refractivity contribution in [2.75, 3.05) is 5.32 Å². The fraction of sp³-hybridized carbons (Fsp3) is 0.150. The van der Waals surface area contributed by atoms with Crippen LogP contribution in [-0.2, 0) is 11.2 Å². The van der Waals surface area contributed by atoms with Crippen LogP contribution in [0, 0.1) is 24.0 Å². The van der Waals surface area contributed by atoms with Gasteiger partial charge in [-0.15, -0.1) is 5.10 Å². The number of nitrogens with one attached hydrogen (secondary N) is 1. The molecule has 28 heavy (non-hydrogen) atoms. The Hall–Kier alpha value is -3.81. The molecule has 0 fully saturated rings. The number of benzene rings is 2. The van der Waals surface area contributed by atoms with Crippen LogP contribution >= 0.6 is 0 Å². The van der Waals surface area contributed by atoms with Gasteiger partial charge in [-0.2, -0.15) is 0 Å². The molecule has 0 radical (unpaired) electrons. The highest BCUT2D eigenvalue weighted by Crippen LogP contribution is 2.16. The number of anilines is 1. The first-order valence-electron chi connectivity index (χ1n) is 8.53. The van der Waals surface area contributed by atoms with Gasteiger partial charge in [-0.1, -0.05) is 28.9 Å². The van der Waals surface area contributed by atoms with Crippen LogP contribution in [0.5, 0.6) is 0 Å². The summed E-state index contributed by atoms with van der Waals surface area (Å²) < 4.78 is 5.47. The molecule has 3 aromatic rings. The molecule has 8 nitrogen and oxygen atoms in total. The highest BCUT2D eigenvalue weighted by atomic mass is 16.6. The highest BCUT2D eigenvalue weighted by molar-refractivity contribution is 6.00. The summed E-state index contributed by atoms with van der Waals surface area (Å²) in [5.74, 6) is -0.0401. The Balaban J connectivity index is 1.59. The minimum atomic E-state index is -0.481. The minimum Gasteiger partial charge on any atom is -0.407 e. The predicted octanol–water partition coefficient (Wildman–Crippen LogP) is 3.84. The number of hydrogen-bond donors (Lipinski definition) is 1. The number of nitro benzene ring substituents is 1. The quantitative estimate of drug-likeness (QED) is 0.396. The van der Waals surface area contributed by atoms with Gasteiger partial charge in [-0.25, -0.2) is 0 Å². The van der Waals surface area contributed by atoms with E-state index in [1.54, 1.807) is 12.1 Å². The van der Waals surface area contributed by atoms with E-state index in [2.05, 4.69) is 21.6 Å². The van der Waals surface area contributed by atoms with E-state index in [0.29, 0.717) is 17.9 Å². The topological polar surface area (TPSA) is 111 Å². The summed E-state index contributed by atoms with van der Waals surface area (Å²) >= 11 is 0. The third kappa shape index (κ3) is 4.88. The monoisotopic (exact) mass is 378 g/mol. The van der Waals surface area contributed by atoms with Gasteiger partial charge >= 0.3 is 6.01 Å². The zero-order chi connectivity index (χ0) is 20.1. The minimum absolute atomic E-state index is 0.0104. The molecule has 1 aromatic heterocycles. The molecule has 142 valence electrons. The van der Waals surface area contributed by atoms with Crippen molar-refractivity contribution in [3.8, 4) is 0 Å². The van der Waals surface area contributed by atoms with E-state index in [9.17, 15) is 14.9 Å². The van der Waals surface area contributed by atoms with E-state index in [1.165, 1.54) is 29.8 Å². The first kappa shape index (κ1) is 19.0. The van der Waals surface area contributed by atoms with Gasteiger partial charge in [0.2, 0.25) is 5.89 Å². The number of hydrogen-bond acceptors (Lipinski definition) is 6. The average Bonchev–Trinajstić information content (AvgIpc) is 3.09. The molecule has 1 N–H and O–H groups in total. The van der Waals surface area contributed by atoms with Crippen LogP contribution in [0.15, 0.2) is 53.0 Å². The average molecular weight is 378 g/mol. The van der Waals surface area contributed by atoms with Gasteiger partial charge in [0.15, 0.2) is 0 Å². The number of rotatable bonds is 6. The van der Waals surface area contributed by atoms with E-state index in [4.69, 9.17) is 4.42 Å². The second-order valence-corrected chi connectivity index (χ2v) is 6.28. The van der Waals surface area contributed by atoms with Gasteiger partial charge in [-0.05, 0) is 48.7 Å². The van der Waals surface area contributed by atoms with Crippen molar-refractivity contribution in [3.63, 3.8) is 0 Å². The molecule has 0 unspecified atom stereocenters. The molecule has 0 atom stereocenters. The Morgan fingerprint density at radius 2 is 1.93 bits per heavy atom. The van der Waals surface area contributed by atoms with Gasteiger partial charge < -0.3 is 4.42 Å².